The summed E-state index contributed by atoms with van der Waals surface area (Å²) in [6.07, 6.45) is 1.65. The second-order valence-electron chi connectivity index (χ2n) is 3.96. The number of hydrogen-bond acceptors (Lipinski definition) is 4. The van der Waals surface area contributed by atoms with Gasteiger partial charge >= 0.3 is 0 Å². The van der Waals surface area contributed by atoms with Crippen molar-refractivity contribution >= 4 is 42.2 Å². The number of carbonyl (C=O) groups excluding carboxylic acids is 2. The zero-order chi connectivity index (χ0) is 11.7. The molecule has 1 aliphatic rings. The van der Waals surface area contributed by atoms with Crippen LogP contribution in [0.3, 0.4) is 0 Å². The summed E-state index contributed by atoms with van der Waals surface area (Å²) in [7, 11) is 0. The van der Waals surface area contributed by atoms with Gasteiger partial charge in [-0.25, -0.2) is 0 Å². The molecule has 0 aliphatic carbocycles. The largest absolute Gasteiger partial charge is 0.369 e. The molecule has 2 N–H and O–H groups in total. The van der Waals surface area contributed by atoms with Crippen molar-refractivity contribution in [2.75, 3.05) is 18.0 Å². The van der Waals surface area contributed by atoms with E-state index in [9.17, 15) is 9.59 Å². The van der Waals surface area contributed by atoms with Crippen molar-refractivity contribution in [2.24, 2.45) is 11.7 Å². The second-order valence-corrected chi connectivity index (χ2v) is 3.96. The van der Waals surface area contributed by atoms with E-state index < -0.39 is 0 Å². The number of rotatable bonds is 3. The fourth-order valence-corrected chi connectivity index (χ4v) is 1.65. The number of halogens is 2. The molecule has 2 rings (SSSR count). The summed E-state index contributed by atoms with van der Waals surface area (Å²) in [4.78, 5) is 27.9. The van der Waals surface area contributed by atoms with Crippen LogP contribution in [0.4, 0.5) is 5.69 Å². The molecule has 1 saturated heterocycles. The number of amides is 1. The van der Waals surface area contributed by atoms with E-state index in [1.807, 2.05) is 11.0 Å². The molecule has 18 heavy (non-hydrogen) atoms. The second kappa shape index (κ2) is 6.56. The molecular weight excluding hydrogens is 277 g/mol. The van der Waals surface area contributed by atoms with Crippen LogP contribution in [-0.4, -0.2) is 29.8 Å². The number of primary amides is 1. The Bertz CT molecular complexity index is 430. The van der Waals surface area contributed by atoms with Crippen molar-refractivity contribution in [3.05, 3.63) is 24.0 Å². The molecular formula is C11H15Cl2N3O2. The van der Waals surface area contributed by atoms with Gasteiger partial charge in [0.25, 0.3) is 0 Å². The van der Waals surface area contributed by atoms with E-state index in [2.05, 4.69) is 4.98 Å². The zero-order valence-corrected chi connectivity index (χ0v) is 11.5. The molecule has 1 amide bonds. The summed E-state index contributed by atoms with van der Waals surface area (Å²) in [6.45, 7) is 2.75. The van der Waals surface area contributed by atoms with Crippen LogP contribution in [0.25, 0.3) is 0 Å². The molecule has 0 radical (unpaired) electrons. The lowest BCUT2D eigenvalue weighted by Crippen LogP contribution is -2.52. The number of aromatic nitrogens is 1. The number of nitrogens with two attached hydrogens (primary N) is 1. The first-order chi connectivity index (χ1) is 7.58. The van der Waals surface area contributed by atoms with Gasteiger partial charge in [0.1, 0.15) is 5.69 Å². The van der Waals surface area contributed by atoms with Gasteiger partial charge in [-0.3, -0.25) is 14.6 Å². The summed E-state index contributed by atoms with van der Waals surface area (Å²) in [5.41, 5.74) is 6.55. The summed E-state index contributed by atoms with van der Waals surface area (Å²) in [5, 5.41) is 0. The highest BCUT2D eigenvalue weighted by atomic mass is 35.5. The van der Waals surface area contributed by atoms with Crippen LogP contribution in [0.1, 0.15) is 17.4 Å². The van der Waals surface area contributed by atoms with E-state index in [0.717, 1.165) is 5.69 Å². The summed E-state index contributed by atoms with van der Waals surface area (Å²) in [6, 6.07) is 3.52. The van der Waals surface area contributed by atoms with Gasteiger partial charge in [-0.15, -0.1) is 24.8 Å². The molecule has 5 nitrogen and oxygen atoms in total. The van der Waals surface area contributed by atoms with E-state index in [1.165, 1.54) is 6.92 Å². The van der Waals surface area contributed by atoms with Crippen LogP contribution < -0.4 is 10.6 Å². The Morgan fingerprint density at radius 3 is 2.33 bits per heavy atom. The zero-order valence-electron chi connectivity index (χ0n) is 9.83. The lowest BCUT2D eigenvalue weighted by Gasteiger charge is -2.38. The molecule has 0 saturated carbocycles. The smallest absolute Gasteiger partial charge is 0.224 e. The number of carbonyl (C=O) groups is 2. The molecule has 0 atom stereocenters. The topological polar surface area (TPSA) is 76.3 Å². The Morgan fingerprint density at radius 1 is 1.33 bits per heavy atom. The minimum atomic E-state index is -0.260. The molecule has 0 bridgehead atoms. The van der Waals surface area contributed by atoms with Gasteiger partial charge in [-0.1, -0.05) is 0 Å². The maximum absolute atomic E-state index is 11.0. The Hall–Kier alpha value is -1.33. The fourth-order valence-electron chi connectivity index (χ4n) is 1.65. The van der Waals surface area contributed by atoms with Gasteiger partial charge in [0.15, 0.2) is 5.78 Å². The number of hydrogen-bond donors (Lipinski definition) is 1. The first-order valence-corrected chi connectivity index (χ1v) is 5.09. The first-order valence-electron chi connectivity index (χ1n) is 5.09. The third-order valence-corrected chi connectivity index (χ3v) is 2.76. The van der Waals surface area contributed by atoms with Crippen LogP contribution in [-0.2, 0) is 4.79 Å². The van der Waals surface area contributed by atoms with Crippen molar-refractivity contribution in [1.82, 2.24) is 4.98 Å². The van der Waals surface area contributed by atoms with Crippen molar-refractivity contribution in [3.8, 4) is 0 Å². The minimum absolute atomic E-state index is 0. The Labute approximate surface area is 118 Å². The number of nitrogens with zero attached hydrogens (tertiary/aromatic N) is 2. The summed E-state index contributed by atoms with van der Waals surface area (Å²) < 4.78 is 0. The highest BCUT2D eigenvalue weighted by Gasteiger charge is 2.31. The first kappa shape index (κ1) is 16.7. The number of Topliss-reactive ketones (excluding diaryl/α,β-unsaturated/α-hetero) is 1. The van der Waals surface area contributed by atoms with Crippen molar-refractivity contribution in [1.29, 1.82) is 0 Å². The maximum atomic E-state index is 11.0. The third-order valence-electron chi connectivity index (χ3n) is 2.76. The number of pyridine rings is 1. The molecule has 1 aromatic rings. The van der Waals surface area contributed by atoms with Crippen molar-refractivity contribution in [2.45, 2.75) is 6.92 Å². The van der Waals surface area contributed by atoms with Crippen LogP contribution in [0.2, 0.25) is 0 Å². The predicted molar refractivity (Wildman–Crippen MR) is 73.6 cm³/mol. The molecule has 1 aliphatic heterocycles. The van der Waals surface area contributed by atoms with Gasteiger partial charge < -0.3 is 10.6 Å². The maximum Gasteiger partial charge on any atom is 0.224 e. The third kappa shape index (κ3) is 3.34. The lowest BCUT2D eigenvalue weighted by atomic mass is 9.99. The highest BCUT2D eigenvalue weighted by molar-refractivity contribution is 5.92. The van der Waals surface area contributed by atoms with E-state index >= 15 is 0 Å². The van der Waals surface area contributed by atoms with E-state index in [0.29, 0.717) is 18.8 Å². The summed E-state index contributed by atoms with van der Waals surface area (Å²) in [5.74, 6) is -0.373. The Morgan fingerprint density at radius 2 is 1.94 bits per heavy atom. The normalized spacial score (nSPS) is 13.9. The Kier molecular flexibility index (Phi) is 6.08. The highest BCUT2D eigenvalue weighted by Crippen LogP contribution is 2.23. The molecule has 1 fully saturated rings. The van der Waals surface area contributed by atoms with Crippen LogP contribution in [0, 0.1) is 5.92 Å². The Balaban J connectivity index is 0.00000144. The van der Waals surface area contributed by atoms with Crippen LogP contribution in [0.5, 0.6) is 0 Å². The van der Waals surface area contributed by atoms with E-state index in [-0.39, 0.29) is 42.4 Å². The van der Waals surface area contributed by atoms with Gasteiger partial charge in [0.2, 0.25) is 5.91 Å². The van der Waals surface area contributed by atoms with Crippen LogP contribution in [0.15, 0.2) is 18.3 Å². The van der Waals surface area contributed by atoms with E-state index in [1.54, 1.807) is 12.3 Å². The predicted octanol–water partition coefficient (Wildman–Crippen LogP) is 1.05. The van der Waals surface area contributed by atoms with Gasteiger partial charge in [0.05, 0.1) is 17.8 Å². The lowest BCUT2D eigenvalue weighted by molar-refractivity contribution is -0.122. The van der Waals surface area contributed by atoms with Gasteiger partial charge in [-0.2, -0.15) is 0 Å². The molecule has 0 aromatic carbocycles. The molecule has 0 spiro atoms. The molecule has 7 heteroatoms. The number of anilines is 1. The van der Waals surface area contributed by atoms with Gasteiger partial charge in [-0.05, 0) is 12.1 Å². The van der Waals surface area contributed by atoms with Gasteiger partial charge in [0, 0.05) is 20.0 Å². The van der Waals surface area contributed by atoms with Crippen molar-refractivity contribution in [3.63, 3.8) is 0 Å². The molecule has 100 valence electrons. The molecule has 0 unspecified atom stereocenters. The SMILES string of the molecule is CC(=O)c1ccc(N2CC(C(N)=O)C2)cn1.Cl.Cl. The average Bonchev–Trinajstić information content (AvgIpc) is 2.15. The quantitative estimate of drug-likeness (QED) is 0.845. The standard InChI is InChI=1S/C11H13N3O2.2ClH/c1-7(15)10-3-2-9(4-13-10)14-5-8(6-14)11(12)16;;/h2-4,8H,5-6H2,1H3,(H2,12,16);2*1H. The fraction of sp³-hybridized carbons (Fsp3) is 0.364. The van der Waals surface area contributed by atoms with Crippen LogP contribution >= 0.6 is 24.8 Å². The van der Waals surface area contributed by atoms with E-state index in [4.69, 9.17) is 5.73 Å². The number of ketones is 1. The summed E-state index contributed by atoms with van der Waals surface area (Å²) >= 11 is 0. The molecule has 1 aromatic heterocycles. The van der Waals surface area contributed by atoms with Crippen molar-refractivity contribution < 1.29 is 9.59 Å². The molecule has 2 heterocycles. The minimum Gasteiger partial charge on any atom is -0.369 e. The monoisotopic (exact) mass is 291 g/mol. The average molecular weight is 292 g/mol.